The van der Waals surface area contributed by atoms with E-state index in [0.717, 1.165) is 36.0 Å². The number of unbranched alkanes of at least 4 members (excludes halogenated alkanes) is 1. The largest absolute Gasteiger partial charge is 0.375 e. The summed E-state index contributed by atoms with van der Waals surface area (Å²) in [7, 11) is 3.12. The fraction of sp³-hybridized carbons (Fsp3) is 0.444. The summed E-state index contributed by atoms with van der Waals surface area (Å²) in [6, 6.07) is 9.86. The molecule has 2 rings (SSSR count). The molecule has 114 valence electrons. The van der Waals surface area contributed by atoms with Crippen molar-refractivity contribution in [3.05, 3.63) is 54.1 Å². The van der Waals surface area contributed by atoms with E-state index in [-0.39, 0.29) is 0 Å². The topological polar surface area (TPSA) is 38.7 Å². The van der Waals surface area contributed by atoms with Crippen LogP contribution >= 0.6 is 0 Å². The van der Waals surface area contributed by atoms with Gasteiger partial charge < -0.3 is 14.6 Å². The van der Waals surface area contributed by atoms with E-state index < -0.39 is 11.4 Å². The highest BCUT2D eigenvalue weighted by atomic mass is 16.7. The lowest BCUT2D eigenvalue weighted by Gasteiger charge is -2.55. The molecule has 21 heavy (non-hydrogen) atoms. The molecular weight excluding hydrogens is 264 g/mol. The summed E-state index contributed by atoms with van der Waals surface area (Å²) >= 11 is 0. The van der Waals surface area contributed by atoms with Gasteiger partial charge in [0, 0.05) is 19.8 Å². The van der Waals surface area contributed by atoms with Gasteiger partial charge in [-0.2, -0.15) is 0 Å². The van der Waals surface area contributed by atoms with Crippen LogP contribution in [0.25, 0.3) is 5.57 Å². The van der Waals surface area contributed by atoms with Crippen molar-refractivity contribution < 1.29 is 14.6 Å². The first kappa shape index (κ1) is 16.0. The summed E-state index contributed by atoms with van der Waals surface area (Å²) in [5.74, 6) is -1.13. The second kappa shape index (κ2) is 6.14. The first-order valence-corrected chi connectivity index (χ1v) is 7.37. The molecule has 0 spiro atoms. The molecule has 0 fully saturated rings. The van der Waals surface area contributed by atoms with Crippen molar-refractivity contribution in [3.63, 3.8) is 0 Å². The van der Waals surface area contributed by atoms with Crippen LogP contribution in [0.3, 0.4) is 0 Å². The molecule has 0 radical (unpaired) electrons. The van der Waals surface area contributed by atoms with Crippen molar-refractivity contribution in [2.45, 2.75) is 37.6 Å². The zero-order valence-corrected chi connectivity index (χ0v) is 13.1. The first-order chi connectivity index (χ1) is 10.1. The van der Waals surface area contributed by atoms with Crippen LogP contribution in [-0.2, 0) is 9.47 Å². The van der Waals surface area contributed by atoms with Gasteiger partial charge in [0.05, 0.1) is 0 Å². The van der Waals surface area contributed by atoms with Crippen molar-refractivity contribution in [2.24, 2.45) is 0 Å². The number of rotatable bonds is 7. The molecule has 0 bridgehead atoms. The summed E-state index contributed by atoms with van der Waals surface area (Å²) in [5.41, 5.74) is 1.51. The maximum absolute atomic E-state index is 11.1. The molecule has 1 unspecified atom stereocenters. The van der Waals surface area contributed by atoms with E-state index in [1.54, 1.807) is 14.2 Å². The van der Waals surface area contributed by atoms with Gasteiger partial charge in [0.1, 0.15) is 0 Å². The number of methoxy groups -OCH3 is 2. The SMILES string of the molecule is C=CC1(O)C(c2ccccc2)=C(CCCC)C1(OC)OC. The monoisotopic (exact) mass is 288 g/mol. The Hall–Kier alpha value is -1.42. The third-order valence-electron chi connectivity index (χ3n) is 4.30. The Balaban J connectivity index is 2.60. The lowest BCUT2D eigenvalue weighted by Crippen LogP contribution is -2.65. The minimum atomic E-state index is -1.33. The molecule has 1 aromatic rings. The van der Waals surface area contributed by atoms with Gasteiger partial charge >= 0.3 is 0 Å². The average Bonchev–Trinajstić information content (AvgIpc) is 2.53. The number of hydrogen-bond donors (Lipinski definition) is 1. The number of benzene rings is 1. The normalized spacial score (nSPS) is 23.8. The molecule has 0 saturated heterocycles. The van der Waals surface area contributed by atoms with Crippen molar-refractivity contribution in [2.75, 3.05) is 14.2 Å². The number of ether oxygens (including phenoxy) is 2. The second-order valence-corrected chi connectivity index (χ2v) is 5.32. The van der Waals surface area contributed by atoms with Crippen LogP contribution in [0.4, 0.5) is 0 Å². The molecule has 0 aromatic heterocycles. The molecule has 0 amide bonds. The lowest BCUT2D eigenvalue weighted by atomic mass is 9.63. The molecule has 3 heteroatoms. The van der Waals surface area contributed by atoms with E-state index in [1.807, 2.05) is 30.3 Å². The Morgan fingerprint density at radius 1 is 1.19 bits per heavy atom. The molecule has 1 atom stereocenters. The molecule has 1 N–H and O–H groups in total. The van der Waals surface area contributed by atoms with Crippen molar-refractivity contribution >= 4 is 5.57 Å². The van der Waals surface area contributed by atoms with Crippen LogP contribution in [0.5, 0.6) is 0 Å². The Morgan fingerprint density at radius 2 is 1.81 bits per heavy atom. The van der Waals surface area contributed by atoms with Crippen LogP contribution in [0, 0.1) is 0 Å². The molecule has 0 saturated carbocycles. The number of aliphatic hydroxyl groups is 1. The zero-order valence-electron chi connectivity index (χ0n) is 13.1. The number of hydrogen-bond acceptors (Lipinski definition) is 3. The maximum atomic E-state index is 11.1. The molecule has 1 aromatic carbocycles. The molecule has 1 aliphatic rings. The minimum absolute atomic E-state index is 0.832. The maximum Gasteiger partial charge on any atom is 0.229 e. The third-order valence-corrected chi connectivity index (χ3v) is 4.30. The van der Waals surface area contributed by atoms with E-state index in [1.165, 1.54) is 6.08 Å². The predicted octanol–water partition coefficient (Wildman–Crippen LogP) is 3.55. The Labute approximate surface area is 126 Å². The lowest BCUT2D eigenvalue weighted by molar-refractivity contribution is -0.260. The van der Waals surface area contributed by atoms with Gasteiger partial charge in [-0.05, 0) is 30.1 Å². The highest BCUT2D eigenvalue weighted by Gasteiger charge is 2.64. The predicted molar refractivity (Wildman–Crippen MR) is 84.8 cm³/mol. The van der Waals surface area contributed by atoms with E-state index in [2.05, 4.69) is 13.5 Å². The van der Waals surface area contributed by atoms with Crippen LogP contribution in [-0.4, -0.2) is 30.7 Å². The quantitative estimate of drug-likeness (QED) is 0.616. The molecule has 0 heterocycles. The highest BCUT2D eigenvalue weighted by molar-refractivity contribution is 5.86. The van der Waals surface area contributed by atoms with Gasteiger partial charge in [0.25, 0.3) is 0 Å². The van der Waals surface area contributed by atoms with Crippen molar-refractivity contribution in [1.82, 2.24) is 0 Å². The Bertz CT molecular complexity index is 529. The van der Waals surface area contributed by atoms with Gasteiger partial charge in [-0.3, -0.25) is 0 Å². The van der Waals surface area contributed by atoms with E-state index in [9.17, 15) is 5.11 Å². The second-order valence-electron chi connectivity index (χ2n) is 5.32. The van der Waals surface area contributed by atoms with E-state index >= 15 is 0 Å². The van der Waals surface area contributed by atoms with Crippen LogP contribution in [0.1, 0.15) is 31.7 Å². The summed E-state index contributed by atoms with van der Waals surface area (Å²) < 4.78 is 11.2. The van der Waals surface area contributed by atoms with Crippen LogP contribution in [0.15, 0.2) is 48.6 Å². The van der Waals surface area contributed by atoms with E-state index in [4.69, 9.17) is 9.47 Å². The van der Waals surface area contributed by atoms with Crippen molar-refractivity contribution in [3.8, 4) is 0 Å². The summed E-state index contributed by atoms with van der Waals surface area (Å²) in [6.07, 6.45) is 4.44. The summed E-state index contributed by atoms with van der Waals surface area (Å²) in [6.45, 7) is 5.93. The smallest absolute Gasteiger partial charge is 0.229 e. The molecule has 0 aliphatic heterocycles. The van der Waals surface area contributed by atoms with E-state index in [0.29, 0.717) is 0 Å². The fourth-order valence-electron chi connectivity index (χ4n) is 3.25. The van der Waals surface area contributed by atoms with Gasteiger partial charge in [0.15, 0.2) is 5.60 Å². The Kier molecular flexibility index (Phi) is 4.67. The average molecular weight is 288 g/mol. The molecule has 3 nitrogen and oxygen atoms in total. The van der Waals surface area contributed by atoms with Gasteiger partial charge in [-0.25, -0.2) is 0 Å². The standard InChI is InChI=1S/C18H24O3/c1-5-7-13-15-16(14-11-9-8-10-12-14)17(19,6-2)18(15,20-3)21-4/h6,8-12,19H,2,5,7,13H2,1,3-4H3. The van der Waals surface area contributed by atoms with Gasteiger partial charge in [-0.15, -0.1) is 0 Å². The Morgan fingerprint density at radius 3 is 2.29 bits per heavy atom. The van der Waals surface area contributed by atoms with Crippen molar-refractivity contribution in [1.29, 1.82) is 0 Å². The van der Waals surface area contributed by atoms with Gasteiger partial charge in [0.2, 0.25) is 5.79 Å². The third kappa shape index (κ3) is 2.16. The van der Waals surface area contributed by atoms with Gasteiger partial charge in [-0.1, -0.05) is 50.3 Å². The fourth-order valence-corrected chi connectivity index (χ4v) is 3.25. The first-order valence-electron chi connectivity index (χ1n) is 7.37. The van der Waals surface area contributed by atoms with Crippen LogP contribution in [0.2, 0.25) is 0 Å². The van der Waals surface area contributed by atoms with Crippen LogP contribution < -0.4 is 0 Å². The molecule has 1 aliphatic carbocycles. The summed E-state index contributed by atoms with van der Waals surface area (Å²) in [4.78, 5) is 0. The zero-order chi connectivity index (χ0) is 15.5. The summed E-state index contributed by atoms with van der Waals surface area (Å²) in [5, 5.41) is 11.1. The minimum Gasteiger partial charge on any atom is -0.375 e. The molecular formula is C18H24O3. The highest BCUT2D eigenvalue weighted by Crippen LogP contribution is 2.57.